The number of fused-ring (bicyclic) bond motifs is 1. The zero-order valence-corrected chi connectivity index (χ0v) is 18.9. The summed E-state index contributed by atoms with van der Waals surface area (Å²) in [6, 6.07) is 15.4. The van der Waals surface area contributed by atoms with Crippen LogP contribution in [0.3, 0.4) is 0 Å². The van der Waals surface area contributed by atoms with Crippen LogP contribution in [0, 0.1) is 27.7 Å². The summed E-state index contributed by atoms with van der Waals surface area (Å²) in [6.45, 7) is 7.76. The molecule has 0 aliphatic heterocycles. The first kappa shape index (κ1) is 21.4. The molecule has 7 nitrogen and oxygen atoms in total. The molecule has 7 heteroatoms. The van der Waals surface area contributed by atoms with Crippen molar-refractivity contribution in [1.29, 1.82) is 0 Å². The molecule has 0 saturated carbocycles. The van der Waals surface area contributed by atoms with Crippen molar-refractivity contribution in [2.24, 2.45) is 0 Å². The highest BCUT2D eigenvalue weighted by molar-refractivity contribution is 5.92. The molecule has 4 rings (SSSR count). The van der Waals surface area contributed by atoms with Crippen LogP contribution in [-0.4, -0.2) is 34.4 Å². The fourth-order valence-electron chi connectivity index (χ4n) is 3.61. The third kappa shape index (κ3) is 4.14. The second-order valence-electron chi connectivity index (χ2n) is 7.77. The van der Waals surface area contributed by atoms with Crippen molar-refractivity contribution in [2.75, 3.05) is 19.0 Å². The number of carbonyl (C=O) groups is 1. The number of methoxy groups -OCH3 is 1. The first-order valence-electron chi connectivity index (χ1n) is 10.4. The third-order valence-electron chi connectivity index (χ3n) is 5.45. The van der Waals surface area contributed by atoms with Gasteiger partial charge in [0, 0.05) is 11.5 Å². The number of hydrogen-bond donors (Lipinski definition) is 1. The Morgan fingerprint density at radius 1 is 1.00 bits per heavy atom. The van der Waals surface area contributed by atoms with Crippen LogP contribution < -0.4 is 14.8 Å². The number of pyridine rings is 1. The molecule has 0 fully saturated rings. The minimum atomic E-state index is -0.276. The minimum Gasteiger partial charge on any atom is -0.494 e. The van der Waals surface area contributed by atoms with Gasteiger partial charge in [-0.3, -0.25) is 4.79 Å². The molecule has 0 aliphatic carbocycles. The Hall–Kier alpha value is -3.87. The average molecular weight is 431 g/mol. The summed E-state index contributed by atoms with van der Waals surface area (Å²) in [7, 11) is 1.62. The standard InChI is InChI=1S/C25H26N4O3/c1-15-8-6-10-20(18(15)4)32-14-24(30)26-23-13-17(3)28-29(23)22-12-16(2)19-9-7-11-21(31-5)25(19)27-22/h6-13H,14H2,1-5H3,(H,26,30). The largest absolute Gasteiger partial charge is 0.494 e. The van der Waals surface area contributed by atoms with Gasteiger partial charge in [-0.15, -0.1) is 0 Å². The van der Waals surface area contributed by atoms with Crippen LogP contribution in [-0.2, 0) is 4.79 Å². The molecule has 1 amide bonds. The van der Waals surface area contributed by atoms with Gasteiger partial charge in [0.15, 0.2) is 12.4 Å². The van der Waals surface area contributed by atoms with Crippen LogP contribution in [0.4, 0.5) is 5.82 Å². The van der Waals surface area contributed by atoms with Gasteiger partial charge in [0.2, 0.25) is 0 Å². The maximum absolute atomic E-state index is 12.6. The van der Waals surface area contributed by atoms with Gasteiger partial charge in [-0.05, 0) is 62.6 Å². The third-order valence-corrected chi connectivity index (χ3v) is 5.45. The summed E-state index contributed by atoms with van der Waals surface area (Å²) in [6.07, 6.45) is 0. The van der Waals surface area contributed by atoms with Gasteiger partial charge in [-0.25, -0.2) is 4.98 Å². The number of amides is 1. The van der Waals surface area contributed by atoms with E-state index in [0.29, 0.717) is 23.1 Å². The summed E-state index contributed by atoms with van der Waals surface area (Å²) in [5.74, 6) is 2.23. The van der Waals surface area contributed by atoms with Gasteiger partial charge in [0.1, 0.15) is 22.8 Å². The molecule has 4 aromatic rings. The SMILES string of the molecule is COc1cccc2c(C)cc(-n3nc(C)cc3NC(=O)COc3cccc(C)c3C)nc12. The lowest BCUT2D eigenvalue weighted by Gasteiger charge is -2.13. The number of nitrogens with one attached hydrogen (secondary N) is 1. The highest BCUT2D eigenvalue weighted by Gasteiger charge is 2.15. The molecule has 0 radical (unpaired) electrons. The second-order valence-corrected chi connectivity index (χ2v) is 7.77. The van der Waals surface area contributed by atoms with Gasteiger partial charge in [-0.2, -0.15) is 9.78 Å². The van der Waals surface area contributed by atoms with Crippen molar-refractivity contribution in [2.45, 2.75) is 27.7 Å². The number of para-hydroxylation sites is 1. The Morgan fingerprint density at radius 3 is 2.53 bits per heavy atom. The molecule has 1 N–H and O–H groups in total. The molecule has 0 bridgehead atoms. The molecule has 2 heterocycles. The minimum absolute atomic E-state index is 0.105. The average Bonchev–Trinajstić information content (AvgIpc) is 3.14. The van der Waals surface area contributed by atoms with E-state index in [2.05, 4.69) is 10.4 Å². The monoisotopic (exact) mass is 430 g/mol. The van der Waals surface area contributed by atoms with E-state index >= 15 is 0 Å². The van der Waals surface area contributed by atoms with E-state index in [1.165, 1.54) is 0 Å². The van der Waals surface area contributed by atoms with Gasteiger partial charge >= 0.3 is 0 Å². The van der Waals surface area contributed by atoms with Crippen molar-refractivity contribution < 1.29 is 14.3 Å². The number of hydrogen-bond acceptors (Lipinski definition) is 5. The lowest BCUT2D eigenvalue weighted by Crippen LogP contribution is -2.22. The predicted molar refractivity (Wildman–Crippen MR) is 125 cm³/mol. The van der Waals surface area contributed by atoms with Crippen LogP contribution in [0.1, 0.15) is 22.4 Å². The fourth-order valence-corrected chi connectivity index (χ4v) is 3.61. The number of carbonyl (C=O) groups excluding carboxylic acids is 1. The second kappa shape index (κ2) is 8.70. The van der Waals surface area contributed by atoms with Crippen molar-refractivity contribution in [1.82, 2.24) is 14.8 Å². The van der Waals surface area contributed by atoms with Crippen molar-refractivity contribution >= 4 is 22.6 Å². The Labute approximate surface area is 187 Å². The molecule has 0 unspecified atom stereocenters. The van der Waals surface area contributed by atoms with E-state index in [0.717, 1.165) is 33.3 Å². The molecule has 0 atom stereocenters. The molecule has 0 aliphatic rings. The van der Waals surface area contributed by atoms with Crippen LogP contribution in [0.5, 0.6) is 11.5 Å². The highest BCUT2D eigenvalue weighted by atomic mass is 16.5. The lowest BCUT2D eigenvalue weighted by molar-refractivity contribution is -0.118. The van der Waals surface area contributed by atoms with E-state index in [9.17, 15) is 4.79 Å². The van der Waals surface area contributed by atoms with E-state index < -0.39 is 0 Å². The van der Waals surface area contributed by atoms with Crippen molar-refractivity contribution in [3.8, 4) is 17.3 Å². The van der Waals surface area contributed by atoms with Gasteiger partial charge in [-0.1, -0.05) is 24.3 Å². The molecule has 2 aromatic carbocycles. The maximum Gasteiger partial charge on any atom is 0.263 e. The number of rotatable bonds is 6. The normalized spacial score (nSPS) is 10.9. The number of nitrogens with zero attached hydrogens (tertiary/aromatic N) is 3. The molecule has 0 spiro atoms. The number of aryl methyl sites for hydroxylation is 3. The molecular weight excluding hydrogens is 404 g/mol. The van der Waals surface area contributed by atoms with Crippen LogP contribution >= 0.6 is 0 Å². The first-order valence-corrected chi connectivity index (χ1v) is 10.4. The zero-order valence-electron chi connectivity index (χ0n) is 18.9. The van der Waals surface area contributed by atoms with E-state index in [4.69, 9.17) is 14.5 Å². The molecule has 0 saturated heterocycles. The fraction of sp³-hybridized carbons (Fsp3) is 0.240. The summed E-state index contributed by atoms with van der Waals surface area (Å²) in [5.41, 5.74) is 4.67. The highest BCUT2D eigenvalue weighted by Crippen LogP contribution is 2.28. The Kier molecular flexibility index (Phi) is 5.81. The lowest BCUT2D eigenvalue weighted by atomic mass is 10.1. The Bertz CT molecular complexity index is 1310. The van der Waals surface area contributed by atoms with Crippen LogP contribution in [0.25, 0.3) is 16.7 Å². The van der Waals surface area contributed by atoms with E-state index in [-0.39, 0.29) is 12.5 Å². The maximum atomic E-state index is 12.6. The molecule has 164 valence electrons. The summed E-state index contributed by atoms with van der Waals surface area (Å²) in [4.78, 5) is 17.4. The Balaban J connectivity index is 1.61. The molecule has 32 heavy (non-hydrogen) atoms. The van der Waals surface area contributed by atoms with E-state index in [1.54, 1.807) is 17.9 Å². The zero-order chi connectivity index (χ0) is 22.8. The first-order chi connectivity index (χ1) is 15.4. The topological polar surface area (TPSA) is 78.3 Å². The molecule has 2 aromatic heterocycles. The smallest absolute Gasteiger partial charge is 0.263 e. The number of ether oxygens (including phenoxy) is 2. The van der Waals surface area contributed by atoms with Gasteiger partial charge < -0.3 is 14.8 Å². The van der Waals surface area contributed by atoms with E-state index in [1.807, 2.05) is 70.2 Å². The van der Waals surface area contributed by atoms with Crippen LogP contribution in [0.2, 0.25) is 0 Å². The van der Waals surface area contributed by atoms with Gasteiger partial charge in [0.25, 0.3) is 5.91 Å². The van der Waals surface area contributed by atoms with Crippen molar-refractivity contribution in [3.63, 3.8) is 0 Å². The Morgan fingerprint density at radius 2 is 1.75 bits per heavy atom. The molecular formula is C25H26N4O3. The number of anilines is 1. The predicted octanol–water partition coefficient (Wildman–Crippen LogP) is 4.68. The number of benzene rings is 2. The summed E-state index contributed by atoms with van der Waals surface area (Å²) >= 11 is 0. The number of aromatic nitrogens is 3. The van der Waals surface area contributed by atoms with Crippen LogP contribution in [0.15, 0.2) is 48.5 Å². The summed E-state index contributed by atoms with van der Waals surface area (Å²) in [5, 5.41) is 8.44. The van der Waals surface area contributed by atoms with Crippen molar-refractivity contribution in [3.05, 3.63) is 70.9 Å². The van der Waals surface area contributed by atoms with Gasteiger partial charge in [0.05, 0.1) is 12.8 Å². The quantitative estimate of drug-likeness (QED) is 0.481. The summed E-state index contributed by atoms with van der Waals surface area (Å²) < 4.78 is 12.9.